The minimum atomic E-state index is -0.713. The van der Waals surface area contributed by atoms with Gasteiger partial charge in [-0.2, -0.15) is 0 Å². The molecular weight excluding hydrogens is 294 g/mol. The molecule has 124 valence electrons. The molecule has 2 N–H and O–H groups in total. The molecule has 5 heteroatoms. The highest BCUT2D eigenvalue weighted by molar-refractivity contribution is 5.95. The van der Waals surface area contributed by atoms with E-state index in [1.807, 2.05) is 32.0 Å². The van der Waals surface area contributed by atoms with Crippen LogP contribution in [-0.4, -0.2) is 36.9 Å². The first-order valence-electron chi connectivity index (χ1n) is 7.73. The first-order chi connectivity index (χ1) is 11.1. The second-order valence-corrected chi connectivity index (χ2v) is 5.89. The van der Waals surface area contributed by atoms with Crippen molar-refractivity contribution in [2.45, 2.75) is 20.0 Å². The standard InChI is InChI=1S/C18H23NO4/c1-13(2)10-23-12-17(20)9-19-18(21)15-5-3-4-14(8-15)16-6-7-22-11-16/h3-8,11,13,17,20H,9-10,12H2,1-2H3,(H,19,21). The van der Waals surface area contributed by atoms with Crippen LogP contribution in [0.25, 0.3) is 11.1 Å². The van der Waals surface area contributed by atoms with Crippen molar-refractivity contribution in [1.82, 2.24) is 5.32 Å². The van der Waals surface area contributed by atoms with Crippen molar-refractivity contribution in [1.29, 1.82) is 0 Å². The van der Waals surface area contributed by atoms with Crippen molar-refractivity contribution in [3.63, 3.8) is 0 Å². The molecule has 1 aromatic heterocycles. The van der Waals surface area contributed by atoms with E-state index in [-0.39, 0.29) is 19.1 Å². The fourth-order valence-electron chi connectivity index (χ4n) is 2.08. The van der Waals surface area contributed by atoms with Crippen LogP contribution in [0, 0.1) is 5.92 Å². The Bertz CT molecular complexity index is 607. The molecule has 0 aliphatic rings. The van der Waals surface area contributed by atoms with E-state index < -0.39 is 6.10 Å². The van der Waals surface area contributed by atoms with Gasteiger partial charge in [-0.3, -0.25) is 4.79 Å². The van der Waals surface area contributed by atoms with Crippen LogP contribution in [-0.2, 0) is 4.74 Å². The van der Waals surface area contributed by atoms with Crippen LogP contribution in [0.5, 0.6) is 0 Å². The normalized spacial score (nSPS) is 12.3. The summed E-state index contributed by atoms with van der Waals surface area (Å²) in [5.74, 6) is 0.195. The Morgan fingerprint density at radius 2 is 2.09 bits per heavy atom. The SMILES string of the molecule is CC(C)COCC(O)CNC(=O)c1cccc(-c2ccoc2)c1. The maximum Gasteiger partial charge on any atom is 0.251 e. The largest absolute Gasteiger partial charge is 0.472 e. The molecule has 1 unspecified atom stereocenters. The molecule has 1 heterocycles. The van der Waals surface area contributed by atoms with Crippen molar-refractivity contribution in [2.75, 3.05) is 19.8 Å². The lowest BCUT2D eigenvalue weighted by Gasteiger charge is -2.13. The molecule has 0 radical (unpaired) electrons. The van der Waals surface area contributed by atoms with Gasteiger partial charge in [0.05, 0.1) is 25.2 Å². The molecule has 0 spiro atoms. The summed E-state index contributed by atoms with van der Waals surface area (Å²) in [6, 6.07) is 9.10. The number of furan rings is 1. The number of amides is 1. The molecule has 0 saturated carbocycles. The quantitative estimate of drug-likeness (QED) is 0.785. The minimum Gasteiger partial charge on any atom is -0.472 e. The number of aliphatic hydroxyl groups excluding tert-OH is 1. The van der Waals surface area contributed by atoms with Crippen LogP contribution in [0.2, 0.25) is 0 Å². The third-order valence-electron chi connectivity index (χ3n) is 3.24. The molecule has 0 aliphatic heterocycles. The number of carbonyl (C=O) groups excluding carboxylic acids is 1. The van der Waals surface area contributed by atoms with Crippen LogP contribution >= 0.6 is 0 Å². The lowest BCUT2D eigenvalue weighted by Crippen LogP contribution is -2.34. The fourth-order valence-corrected chi connectivity index (χ4v) is 2.08. The topological polar surface area (TPSA) is 71.7 Å². The summed E-state index contributed by atoms with van der Waals surface area (Å²) in [4.78, 5) is 12.2. The van der Waals surface area contributed by atoms with E-state index in [0.717, 1.165) is 11.1 Å². The van der Waals surface area contributed by atoms with Gasteiger partial charge in [0.2, 0.25) is 0 Å². The number of carbonyl (C=O) groups is 1. The Morgan fingerprint density at radius 3 is 2.78 bits per heavy atom. The van der Waals surface area contributed by atoms with Gasteiger partial charge in [0.25, 0.3) is 5.91 Å². The molecule has 0 fully saturated rings. The van der Waals surface area contributed by atoms with E-state index in [1.165, 1.54) is 0 Å². The van der Waals surface area contributed by atoms with E-state index in [0.29, 0.717) is 18.1 Å². The zero-order chi connectivity index (χ0) is 16.7. The van der Waals surface area contributed by atoms with Crippen molar-refractivity contribution >= 4 is 5.91 Å². The van der Waals surface area contributed by atoms with Gasteiger partial charge in [-0.25, -0.2) is 0 Å². The van der Waals surface area contributed by atoms with Crippen LogP contribution in [0.15, 0.2) is 47.3 Å². The summed E-state index contributed by atoms with van der Waals surface area (Å²) in [7, 11) is 0. The van der Waals surface area contributed by atoms with Crippen LogP contribution in [0.4, 0.5) is 0 Å². The average Bonchev–Trinajstić information content (AvgIpc) is 3.07. The zero-order valence-electron chi connectivity index (χ0n) is 13.5. The van der Waals surface area contributed by atoms with Gasteiger partial charge in [-0.1, -0.05) is 26.0 Å². The molecule has 0 bridgehead atoms. The van der Waals surface area contributed by atoms with E-state index >= 15 is 0 Å². The maximum atomic E-state index is 12.2. The second-order valence-electron chi connectivity index (χ2n) is 5.89. The second kappa shape index (κ2) is 8.50. The molecule has 1 amide bonds. The van der Waals surface area contributed by atoms with Gasteiger partial charge >= 0.3 is 0 Å². The van der Waals surface area contributed by atoms with Crippen molar-refractivity contribution in [2.24, 2.45) is 5.92 Å². The predicted octanol–water partition coefficient (Wildman–Crippen LogP) is 2.71. The Hall–Kier alpha value is -2.11. The zero-order valence-corrected chi connectivity index (χ0v) is 13.5. The predicted molar refractivity (Wildman–Crippen MR) is 88.1 cm³/mol. The first kappa shape index (κ1) is 17.2. The fraction of sp³-hybridized carbons (Fsp3) is 0.389. The van der Waals surface area contributed by atoms with Crippen LogP contribution in [0.3, 0.4) is 0 Å². The highest BCUT2D eigenvalue weighted by Gasteiger charge is 2.11. The van der Waals surface area contributed by atoms with Gasteiger partial charge in [0.15, 0.2) is 0 Å². The van der Waals surface area contributed by atoms with E-state index in [4.69, 9.17) is 9.15 Å². The van der Waals surface area contributed by atoms with Gasteiger partial charge < -0.3 is 19.6 Å². The molecule has 0 saturated heterocycles. The molecule has 1 atom stereocenters. The summed E-state index contributed by atoms with van der Waals surface area (Å²) >= 11 is 0. The molecule has 0 aliphatic carbocycles. The van der Waals surface area contributed by atoms with Crippen molar-refractivity contribution < 1.29 is 19.1 Å². The van der Waals surface area contributed by atoms with E-state index in [2.05, 4.69) is 5.32 Å². The Labute approximate surface area is 136 Å². The number of nitrogens with one attached hydrogen (secondary N) is 1. The summed E-state index contributed by atoms with van der Waals surface area (Å²) in [5.41, 5.74) is 2.37. The summed E-state index contributed by atoms with van der Waals surface area (Å²) in [6.45, 7) is 5.06. The highest BCUT2D eigenvalue weighted by Crippen LogP contribution is 2.20. The summed E-state index contributed by atoms with van der Waals surface area (Å²) < 4.78 is 10.4. The molecule has 5 nitrogen and oxygen atoms in total. The number of hydrogen-bond acceptors (Lipinski definition) is 4. The van der Waals surface area contributed by atoms with Gasteiger partial charge in [-0.05, 0) is 29.7 Å². The minimum absolute atomic E-state index is 0.160. The third kappa shape index (κ3) is 5.54. The molecular formula is C18H23NO4. The third-order valence-corrected chi connectivity index (χ3v) is 3.24. The highest BCUT2D eigenvalue weighted by atomic mass is 16.5. The average molecular weight is 317 g/mol. The molecule has 23 heavy (non-hydrogen) atoms. The smallest absolute Gasteiger partial charge is 0.251 e. The van der Waals surface area contributed by atoms with Crippen LogP contribution in [0.1, 0.15) is 24.2 Å². The van der Waals surface area contributed by atoms with Gasteiger partial charge in [0.1, 0.15) is 0 Å². The summed E-state index contributed by atoms with van der Waals surface area (Å²) in [5, 5.41) is 12.5. The molecule has 1 aromatic carbocycles. The molecule has 2 aromatic rings. The van der Waals surface area contributed by atoms with Crippen LogP contribution < -0.4 is 5.32 Å². The van der Waals surface area contributed by atoms with E-state index in [9.17, 15) is 9.90 Å². The van der Waals surface area contributed by atoms with Gasteiger partial charge in [-0.15, -0.1) is 0 Å². The number of aliphatic hydroxyl groups is 1. The van der Waals surface area contributed by atoms with Gasteiger partial charge in [0, 0.05) is 24.3 Å². The maximum absolute atomic E-state index is 12.2. The monoisotopic (exact) mass is 317 g/mol. The summed E-state index contributed by atoms with van der Waals surface area (Å²) in [6.07, 6.45) is 2.51. The Balaban J connectivity index is 1.85. The molecule has 2 rings (SSSR count). The number of benzene rings is 1. The Morgan fingerprint density at radius 1 is 1.26 bits per heavy atom. The van der Waals surface area contributed by atoms with Crippen molar-refractivity contribution in [3.05, 3.63) is 48.4 Å². The first-order valence-corrected chi connectivity index (χ1v) is 7.73. The van der Waals surface area contributed by atoms with Crippen molar-refractivity contribution in [3.8, 4) is 11.1 Å². The van der Waals surface area contributed by atoms with E-state index in [1.54, 1.807) is 24.7 Å². The lowest BCUT2D eigenvalue weighted by atomic mass is 10.1. The number of hydrogen-bond donors (Lipinski definition) is 2. The number of ether oxygens (including phenoxy) is 1. The number of rotatable bonds is 8. The Kier molecular flexibility index (Phi) is 6.38. The lowest BCUT2D eigenvalue weighted by molar-refractivity contribution is 0.0259.